The Morgan fingerprint density at radius 1 is 0.579 bits per heavy atom. The van der Waals surface area contributed by atoms with E-state index in [1.807, 2.05) is 139 Å². The SMILES string of the molecule is C.Cc1ccc(F)c(NC(=O)Nc2ccc(-c3ccc(OCCCN4CCCC4)c4[nH]nc(N)c34)c3ccccc23)c1.Cc1ccc(F)c(NC(=O)Nc2ccc(B3OC(C)(C)C(C)(C)O3)c3ccccc23)c1.Nc1n[nH]c2c(OCCCN3CCCC3)ccc(Br)c12.[B].[V]. The molecule has 0 unspecified atom stereocenters. The van der Waals surface area contributed by atoms with E-state index in [1.165, 1.54) is 64.0 Å². The molecule has 3 aliphatic heterocycles. The largest absolute Gasteiger partial charge is 0.495 e. The van der Waals surface area contributed by atoms with Gasteiger partial charge in [-0.15, -0.1) is 0 Å². The van der Waals surface area contributed by atoms with Gasteiger partial charge in [-0.3, -0.25) is 10.2 Å². The van der Waals surface area contributed by atoms with E-state index in [9.17, 15) is 18.4 Å². The van der Waals surface area contributed by atoms with Gasteiger partial charge in [0.2, 0.25) is 0 Å². The molecule has 18 nitrogen and oxygen atoms in total. The van der Waals surface area contributed by atoms with Crippen LogP contribution < -0.4 is 47.7 Å². The standard InChI is InChI=1S/C32H33FN6O2.C24H26BFN2O3.C14H19BrN4O.CH4.B.V/c1-20-9-12-25(33)27(19-20)36-32(40)35-26-13-10-22(21-7-2-3-8-23(21)26)24-11-14-28(30-29(24)31(34)38-37-30)41-18-6-17-39-15-4-5-16-39;1-15-10-12-19(26)21(14-15)28-22(29)27-20-13-11-18(16-8-6-7-9-17(16)20)25-30-23(2,3)24(4,5)31-25;15-10-4-5-11(13-12(10)14(16)18-17-13)20-9-3-8-19-6-1-2-7-19;;;/h2-3,7-14,19H,4-6,15-18H2,1H3,(H3,34,37,38)(H2,35,36,40);6-14H,1-5H3,(H2,27,28,29);4-5H,1-3,6-9H2,(H3,16,17,18);1H4;;. The first-order chi connectivity index (χ1) is 44.3. The number of carbonyl (C=O) groups is 2. The number of hydrogen-bond acceptors (Lipinski definition) is 12. The number of anilines is 6. The number of carbonyl (C=O) groups excluding carboxylic acids is 2. The van der Waals surface area contributed by atoms with Gasteiger partial charge in [-0.05, 0) is 221 Å². The topological polar surface area (TPSA) is 235 Å². The van der Waals surface area contributed by atoms with Gasteiger partial charge in [-0.2, -0.15) is 10.2 Å². The summed E-state index contributed by atoms with van der Waals surface area (Å²) in [5.74, 6) is 1.44. The van der Waals surface area contributed by atoms with Gasteiger partial charge >= 0.3 is 19.2 Å². The molecule has 494 valence electrons. The Kier molecular flexibility index (Phi) is 24.5. The van der Waals surface area contributed by atoms with Crippen LogP contribution in [0.4, 0.5) is 52.8 Å². The van der Waals surface area contributed by atoms with Crippen LogP contribution >= 0.6 is 15.9 Å². The molecule has 95 heavy (non-hydrogen) atoms. The molecule has 3 saturated heterocycles. The minimum absolute atomic E-state index is 0. The number of rotatable bonds is 16. The van der Waals surface area contributed by atoms with Crippen LogP contribution in [-0.4, -0.2) is 121 Å². The van der Waals surface area contributed by atoms with Crippen LogP contribution in [0.5, 0.6) is 11.5 Å². The fraction of sp³-hybridized carbons (Fsp3) is 0.324. The molecule has 4 amide bonds. The third kappa shape index (κ3) is 16.9. The Morgan fingerprint density at radius 2 is 1.00 bits per heavy atom. The third-order valence-electron chi connectivity index (χ3n) is 17.4. The summed E-state index contributed by atoms with van der Waals surface area (Å²) in [5.41, 5.74) is 18.8. The van der Waals surface area contributed by atoms with Crippen LogP contribution in [0.3, 0.4) is 0 Å². The molecule has 3 aliphatic rings. The molecule has 0 bridgehead atoms. The molecule has 8 aromatic carbocycles. The van der Waals surface area contributed by atoms with E-state index in [1.54, 1.807) is 24.3 Å². The van der Waals surface area contributed by atoms with Gasteiger partial charge in [0.25, 0.3) is 0 Å². The fourth-order valence-corrected chi connectivity index (χ4v) is 12.4. The molecule has 24 heteroatoms. The minimum Gasteiger partial charge on any atom is -0.491 e. The van der Waals surface area contributed by atoms with Gasteiger partial charge in [-0.1, -0.05) is 80.2 Å². The molecule has 0 spiro atoms. The first kappa shape index (κ1) is 72.7. The molecule has 10 aromatic rings. The van der Waals surface area contributed by atoms with Crippen LogP contribution in [0.2, 0.25) is 0 Å². The molecule has 2 aromatic heterocycles. The number of hydrogen-bond donors (Lipinski definition) is 8. The van der Waals surface area contributed by atoms with E-state index >= 15 is 0 Å². The Labute approximate surface area is 576 Å². The first-order valence-corrected chi connectivity index (χ1v) is 32.1. The second-order valence-electron chi connectivity index (χ2n) is 24.5. The summed E-state index contributed by atoms with van der Waals surface area (Å²) in [4.78, 5) is 30.3. The number of ether oxygens (including phenoxy) is 2. The number of halogens is 3. The van der Waals surface area contributed by atoms with Crippen LogP contribution in [0.25, 0.3) is 54.5 Å². The fourth-order valence-electron chi connectivity index (χ4n) is 11.9. The van der Waals surface area contributed by atoms with Crippen molar-refractivity contribution in [3.05, 3.63) is 161 Å². The molecule has 0 saturated carbocycles. The number of fused-ring (bicyclic) bond motifs is 4. The van der Waals surface area contributed by atoms with Gasteiger partial charge in [0.15, 0.2) is 11.6 Å². The van der Waals surface area contributed by atoms with Gasteiger partial charge in [0.1, 0.15) is 34.2 Å². The van der Waals surface area contributed by atoms with Crippen molar-refractivity contribution in [1.82, 2.24) is 30.2 Å². The van der Waals surface area contributed by atoms with Gasteiger partial charge in [-0.25, -0.2) is 18.4 Å². The van der Waals surface area contributed by atoms with Crippen LogP contribution in [0, 0.1) is 25.5 Å². The molecule has 0 aliphatic carbocycles. The second-order valence-corrected chi connectivity index (χ2v) is 25.4. The number of nitrogens with zero attached hydrogens (tertiary/aromatic N) is 4. The number of nitrogens with two attached hydrogens (primary N) is 2. The zero-order valence-electron chi connectivity index (χ0n) is 53.7. The maximum Gasteiger partial charge on any atom is 0.495 e. The van der Waals surface area contributed by atoms with Crippen molar-refractivity contribution in [1.29, 1.82) is 0 Å². The van der Waals surface area contributed by atoms with E-state index in [0.29, 0.717) is 36.2 Å². The maximum absolute atomic E-state index is 14.2. The number of urea groups is 2. The van der Waals surface area contributed by atoms with Crippen molar-refractivity contribution in [2.45, 2.75) is 98.7 Å². The van der Waals surface area contributed by atoms with E-state index in [4.69, 9.17) is 30.2 Å². The normalized spacial score (nSPS) is 14.8. The third-order valence-corrected chi connectivity index (χ3v) is 18.1. The summed E-state index contributed by atoms with van der Waals surface area (Å²) < 4.78 is 53.6. The number of aromatic nitrogens is 4. The van der Waals surface area contributed by atoms with Crippen molar-refractivity contribution in [3.63, 3.8) is 0 Å². The average Bonchev–Trinajstić information content (AvgIpc) is 1.73. The summed E-state index contributed by atoms with van der Waals surface area (Å²) in [5, 5.41) is 30.4. The number of aryl methyl sites for hydroxylation is 2. The maximum atomic E-state index is 14.2. The van der Waals surface area contributed by atoms with E-state index in [2.05, 4.69) is 67.4 Å². The molecular weight excluding hydrogens is 1310 g/mol. The number of likely N-dealkylation sites (tertiary alicyclic amines) is 2. The zero-order chi connectivity index (χ0) is 64.7. The summed E-state index contributed by atoms with van der Waals surface area (Å²) in [6.07, 6.45) is 7.23. The number of benzene rings is 8. The minimum atomic E-state index is -0.528. The van der Waals surface area contributed by atoms with Crippen LogP contribution in [0.15, 0.2) is 138 Å². The van der Waals surface area contributed by atoms with Crippen molar-refractivity contribution < 1.29 is 55.7 Å². The number of nitrogen functional groups attached to an aromatic ring is 2. The second kappa shape index (κ2) is 32.1. The van der Waals surface area contributed by atoms with E-state index < -0.39 is 42.0 Å². The predicted octanol–water partition coefficient (Wildman–Crippen LogP) is 15.2. The molecule has 13 rings (SSSR count). The van der Waals surface area contributed by atoms with Crippen LogP contribution in [-0.2, 0) is 27.9 Å². The van der Waals surface area contributed by atoms with E-state index in [-0.39, 0.29) is 45.8 Å². The van der Waals surface area contributed by atoms with Gasteiger partial charge in [0, 0.05) is 55.3 Å². The summed E-state index contributed by atoms with van der Waals surface area (Å²) in [6.45, 7) is 20.0. The van der Waals surface area contributed by atoms with Crippen LogP contribution in [0.1, 0.15) is 84.8 Å². The summed E-state index contributed by atoms with van der Waals surface area (Å²) >= 11 is 3.49. The van der Waals surface area contributed by atoms with Crippen molar-refractivity contribution in [2.24, 2.45) is 0 Å². The molecular formula is C71H82B2BrF2N12O6V. The number of amides is 4. The smallest absolute Gasteiger partial charge is 0.491 e. The Bertz CT molecular complexity index is 4300. The quantitative estimate of drug-likeness (QED) is 0.0333. The Hall–Kier alpha value is -8.15. The molecule has 0 atom stereocenters. The Balaban J connectivity index is 0.000000190. The monoisotopic (exact) mass is 1390 g/mol. The van der Waals surface area contributed by atoms with Crippen molar-refractivity contribution in [2.75, 3.05) is 85.2 Å². The number of H-pyrrole nitrogens is 2. The van der Waals surface area contributed by atoms with Gasteiger partial charge < -0.3 is 61.3 Å². The van der Waals surface area contributed by atoms with E-state index in [0.717, 1.165) is 113 Å². The number of aromatic amines is 2. The number of nitrogens with one attached hydrogen (secondary N) is 6. The molecule has 3 fully saturated rings. The van der Waals surface area contributed by atoms with Gasteiger partial charge in [0.05, 0.1) is 57.9 Å². The summed E-state index contributed by atoms with van der Waals surface area (Å²) in [7, 11) is -0.515. The predicted molar refractivity (Wildman–Crippen MR) is 383 cm³/mol. The Morgan fingerprint density at radius 3 is 1.52 bits per heavy atom. The average molecular weight is 1390 g/mol. The zero-order valence-corrected chi connectivity index (χ0v) is 56.7. The molecule has 4 radical (unpaired) electrons. The summed E-state index contributed by atoms with van der Waals surface area (Å²) in [6, 6.07) is 39.0. The molecule has 5 heterocycles. The first-order valence-electron chi connectivity index (χ1n) is 31.3. The van der Waals surface area contributed by atoms with Crippen molar-refractivity contribution >= 4 is 127 Å². The molecule has 10 N–H and O–H groups in total. The van der Waals surface area contributed by atoms with Crippen molar-refractivity contribution in [3.8, 4) is 22.6 Å².